The molecule has 0 heterocycles. The number of halogens is 1. The summed E-state index contributed by atoms with van der Waals surface area (Å²) < 4.78 is 0. The molecule has 0 fully saturated rings. The third-order valence-corrected chi connectivity index (χ3v) is 14.1. The average molecular weight is 607 g/mol. The first kappa shape index (κ1) is 29.9. The predicted octanol–water partition coefficient (Wildman–Crippen LogP) is 8.59. The first-order valence-electron chi connectivity index (χ1n) is 15.5. The van der Waals surface area contributed by atoms with Crippen molar-refractivity contribution in [2.45, 2.75) is 40.0 Å². The highest BCUT2D eigenvalue weighted by atomic mass is 35.6. The summed E-state index contributed by atoms with van der Waals surface area (Å²) in [7, 11) is -3.09. The van der Waals surface area contributed by atoms with E-state index < -0.39 is 7.38 Å². The molecule has 44 heavy (non-hydrogen) atoms. The van der Waals surface area contributed by atoms with Crippen LogP contribution in [0.4, 0.5) is 0 Å². The van der Waals surface area contributed by atoms with Gasteiger partial charge in [-0.05, 0) is 89.0 Å². The molecular formula is C42H39ClSi. The number of benzene rings is 6. The molecule has 0 amide bonds. The molecule has 0 saturated carbocycles. The largest absolute Gasteiger partial charge is 0.248 e. The lowest BCUT2D eigenvalue weighted by atomic mass is 10.0. The minimum atomic E-state index is -3.09. The summed E-state index contributed by atoms with van der Waals surface area (Å²) in [4.78, 5) is 0. The number of aryl methyl sites for hydroxylation is 3. The van der Waals surface area contributed by atoms with Crippen molar-refractivity contribution in [1.29, 1.82) is 0 Å². The Labute approximate surface area is 268 Å². The van der Waals surface area contributed by atoms with Gasteiger partial charge in [0, 0.05) is 0 Å². The van der Waals surface area contributed by atoms with Crippen molar-refractivity contribution >= 4 is 34.0 Å². The fraction of sp³-hybridized carbons (Fsp3) is 0.143. The van der Waals surface area contributed by atoms with E-state index in [-0.39, 0.29) is 0 Å². The highest BCUT2D eigenvalue weighted by Gasteiger charge is 2.43. The van der Waals surface area contributed by atoms with E-state index in [0.29, 0.717) is 0 Å². The van der Waals surface area contributed by atoms with Crippen molar-refractivity contribution < 1.29 is 0 Å². The van der Waals surface area contributed by atoms with Gasteiger partial charge in [-0.25, -0.2) is 0 Å². The van der Waals surface area contributed by atoms with Crippen molar-refractivity contribution in [3.05, 3.63) is 196 Å². The average Bonchev–Trinajstić information content (AvgIpc) is 3.05. The van der Waals surface area contributed by atoms with E-state index in [1.165, 1.54) is 65.6 Å². The minimum absolute atomic E-state index is 0.845. The maximum absolute atomic E-state index is 8.58. The topological polar surface area (TPSA) is 0 Å². The fourth-order valence-corrected chi connectivity index (χ4v) is 12.0. The summed E-state index contributed by atoms with van der Waals surface area (Å²) >= 11 is 8.58. The van der Waals surface area contributed by atoms with E-state index in [1.807, 2.05) is 0 Å². The Morgan fingerprint density at radius 1 is 0.386 bits per heavy atom. The van der Waals surface area contributed by atoms with E-state index in [4.69, 9.17) is 11.1 Å². The summed E-state index contributed by atoms with van der Waals surface area (Å²) in [6, 6.07) is 53.3. The van der Waals surface area contributed by atoms with Gasteiger partial charge in [0.15, 0.2) is 0 Å². The second-order valence-electron chi connectivity index (χ2n) is 12.1. The smallest absolute Gasteiger partial charge is 0.149 e. The van der Waals surface area contributed by atoms with E-state index in [1.54, 1.807) is 0 Å². The Balaban J connectivity index is 1.64. The van der Waals surface area contributed by atoms with Crippen molar-refractivity contribution in [1.82, 2.24) is 0 Å². The molecule has 0 nitrogen and oxygen atoms in total. The summed E-state index contributed by atoms with van der Waals surface area (Å²) in [5.41, 5.74) is 11.5. The molecule has 6 aromatic rings. The standard InChI is InChI=1S/C42H39ClSi/c1-31-19-22-37(28-34-13-7-4-8-14-34)40(25-31)44(43,41-26-32(2)20-23-38(41)29-35-15-9-5-10-16-35)42-27-33(3)21-24-39(42)30-36-17-11-6-12-18-36/h4-27H,28-30H2,1-3H3. The Morgan fingerprint density at radius 3 is 0.932 bits per heavy atom. The van der Waals surface area contributed by atoms with Gasteiger partial charge in [-0.3, -0.25) is 0 Å². The van der Waals surface area contributed by atoms with Crippen LogP contribution in [-0.2, 0) is 19.3 Å². The van der Waals surface area contributed by atoms with Crippen LogP contribution in [-0.4, -0.2) is 7.38 Å². The first-order valence-corrected chi connectivity index (χ1v) is 18.5. The fourth-order valence-electron chi connectivity index (χ4n) is 6.38. The number of hydrogen-bond donors (Lipinski definition) is 0. The third-order valence-electron chi connectivity index (χ3n) is 8.62. The molecule has 0 unspecified atom stereocenters. The molecular weight excluding hydrogens is 568 g/mol. The zero-order chi connectivity index (χ0) is 30.5. The maximum Gasteiger partial charge on any atom is 0.248 e. The van der Waals surface area contributed by atoms with E-state index in [0.717, 1.165) is 19.3 Å². The molecule has 2 heteroatoms. The normalized spacial score (nSPS) is 11.5. The lowest BCUT2D eigenvalue weighted by molar-refractivity contribution is 1.19. The van der Waals surface area contributed by atoms with Crippen LogP contribution in [0.2, 0.25) is 0 Å². The van der Waals surface area contributed by atoms with E-state index in [2.05, 4.69) is 166 Å². The Morgan fingerprint density at radius 2 is 0.659 bits per heavy atom. The molecule has 0 bridgehead atoms. The van der Waals surface area contributed by atoms with Gasteiger partial charge in [-0.15, -0.1) is 11.1 Å². The monoisotopic (exact) mass is 606 g/mol. The number of rotatable bonds is 9. The van der Waals surface area contributed by atoms with Gasteiger partial charge in [-0.2, -0.15) is 0 Å². The highest BCUT2D eigenvalue weighted by molar-refractivity contribution is 7.40. The van der Waals surface area contributed by atoms with Crippen LogP contribution >= 0.6 is 11.1 Å². The van der Waals surface area contributed by atoms with Gasteiger partial charge < -0.3 is 0 Å². The van der Waals surface area contributed by atoms with Crippen LogP contribution in [0.15, 0.2) is 146 Å². The molecule has 0 aliphatic carbocycles. The molecule has 6 aromatic carbocycles. The molecule has 0 aromatic heterocycles. The van der Waals surface area contributed by atoms with E-state index >= 15 is 0 Å². The second-order valence-corrected chi connectivity index (χ2v) is 16.8. The van der Waals surface area contributed by atoms with Crippen LogP contribution in [0.25, 0.3) is 0 Å². The highest BCUT2D eigenvalue weighted by Crippen LogP contribution is 2.24. The first-order chi connectivity index (χ1) is 21.4. The van der Waals surface area contributed by atoms with Gasteiger partial charge in [0.25, 0.3) is 0 Å². The van der Waals surface area contributed by atoms with Crippen LogP contribution in [0.5, 0.6) is 0 Å². The molecule has 218 valence electrons. The summed E-state index contributed by atoms with van der Waals surface area (Å²) in [5.74, 6) is 0. The molecule has 6 rings (SSSR count). The van der Waals surface area contributed by atoms with Crippen LogP contribution in [0, 0.1) is 20.8 Å². The Bertz CT molecular complexity index is 1640. The molecule has 0 atom stereocenters. The molecule has 0 N–H and O–H groups in total. The van der Waals surface area contributed by atoms with Crippen molar-refractivity contribution in [2.24, 2.45) is 0 Å². The van der Waals surface area contributed by atoms with Crippen LogP contribution in [0.1, 0.15) is 50.1 Å². The predicted molar refractivity (Wildman–Crippen MR) is 192 cm³/mol. The van der Waals surface area contributed by atoms with Gasteiger partial charge >= 0.3 is 0 Å². The summed E-state index contributed by atoms with van der Waals surface area (Å²) in [6.45, 7) is 6.59. The van der Waals surface area contributed by atoms with Gasteiger partial charge in [0.05, 0.1) is 0 Å². The van der Waals surface area contributed by atoms with Crippen molar-refractivity contribution in [3.63, 3.8) is 0 Å². The van der Waals surface area contributed by atoms with Crippen molar-refractivity contribution in [3.8, 4) is 0 Å². The summed E-state index contributed by atoms with van der Waals surface area (Å²) in [5, 5.41) is 3.88. The van der Waals surface area contributed by atoms with Crippen LogP contribution < -0.4 is 15.6 Å². The summed E-state index contributed by atoms with van der Waals surface area (Å²) in [6.07, 6.45) is 2.53. The van der Waals surface area contributed by atoms with E-state index in [9.17, 15) is 0 Å². The molecule has 0 radical (unpaired) electrons. The third kappa shape index (κ3) is 6.50. The lowest BCUT2D eigenvalue weighted by Gasteiger charge is -2.33. The molecule has 0 saturated heterocycles. The van der Waals surface area contributed by atoms with Gasteiger partial charge in [0.1, 0.15) is 0 Å². The lowest BCUT2D eigenvalue weighted by Crippen LogP contribution is -2.66. The molecule has 0 aliphatic heterocycles. The minimum Gasteiger partial charge on any atom is -0.149 e. The Kier molecular flexibility index (Phi) is 8.98. The maximum atomic E-state index is 8.58. The molecule has 0 spiro atoms. The van der Waals surface area contributed by atoms with Gasteiger partial charge in [0.2, 0.25) is 7.38 Å². The van der Waals surface area contributed by atoms with Crippen molar-refractivity contribution in [2.75, 3.05) is 0 Å². The Hall–Kier alpha value is -4.17. The SMILES string of the molecule is Cc1ccc(Cc2ccccc2)c([Si](Cl)(c2cc(C)ccc2Cc2ccccc2)c2cc(C)ccc2Cc2ccccc2)c1. The quantitative estimate of drug-likeness (QED) is 0.0878. The second kappa shape index (κ2) is 13.2. The van der Waals surface area contributed by atoms with Crippen LogP contribution in [0.3, 0.4) is 0 Å². The van der Waals surface area contributed by atoms with Gasteiger partial charge in [-0.1, -0.05) is 162 Å². The number of hydrogen-bond acceptors (Lipinski definition) is 0. The zero-order valence-electron chi connectivity index (χ0n) is 25.9. The zero-order valence-corrected chi connectivity index (χ0v) is 27.6. The molecule has 0 aliphatic rings.